The molecule has 2 aromatic carbocycles. The fraction of sp³-hybridized carbons (Fsp3) is 0.0667. The summed E-state index contributed by atoms with van der Waals surface area (Å²) in [5, 5.41) is 17.6. The molecular weight excluding hydrogens is 240 g/mol. The van der Waals surface area contributed by atoms with Gasteiger partial charge in [-0.25, -0.2) is 0 Å². The van der Waals surface area contributed by atoms with Crippen LogP contribution in [0, 0.1) is 0 Å². The van der Waals surface area contributed by atoms with Crippen LogP contribution in [0.3, 0.4) is 0 Å². The molecular formula is C15H12N2O2. The molecule has 0 aliphatic rings. The molecule has 0 aliphatic heterocycles. The van der Waals surface area contributed by atoms with Gasteiger partial charge < -0.3 is 9.84 Å². The van der Waals surface area contributed by atoms with Crippen molar-refractivity contribution in [1.29, 1.82) is 0 Å². The van der Waals surface area contributed by atoms with Gasteiger partial charge in [-0.1, -0.05) is 30.3 Å². The van der Waals surface area contributed by atoms with Crippen molar-refractivity contribution in [1.82, 2.24) is 10.2 Å². The number of hydrogen-bond acceptors (Lipinski definition) is 4. The Balaban J connectivity index is 1.81. The Kier molecular flexibility index (Phi) is 2.98. The topological polar surface area (TPSA) is 55.2 Å². The van der Waals surface area contributed by atoms with E-state index in [0.29, 0.717) is 6.61 Å². The van der Waals surface area contributed by atoms with E-state index in [1.54, 1.807) is 6.07 Å². The van der Waals surface area contributed by atoms with Crippen LogP contribution in [0.25, 0.3) is 10.9 Å². The van der Waals surface area contributed by atoms with Gasteiger partial charge >= 0.3 is 0 Å². The average Bonchev–Trinajstić information content (AvgIpc) is 2.46. The summed E-state index contributed by atoms with van der Waals surface area (Å²) in [7, 11) is 0. The van der Waals surface area contributed by atoms with Crippen molar-refractivity contribution in [2.24, 2.45) is 0 Å². The van der Waals surface area contributed by atoms with Gasteiger partial charge in [-0.2, -0.15) is 0 Å². The summed E-state index contributed by atoms with van der Waals surface area (Å²) < 4.78 is 5.71. The monoisotopic (exact) mass is 252 g/mol. The highest BCUT2D eigenvalue weighted by molar-refractivity contribution is 5.80. The van der Waals surface area contributed by atoms with E-state index in [2.05, 4.69) is 10.2 Å². The van der Waals surface area contributed by atoms with E-state index < -0.39 is 0 Å². The SMILES string of the molecule is Oc1cc2cc(OCc3ccccc3)ccc2nn1. The maximum atomic E-state index is 9.31. The molecule has 3 aromatic rings. The minimum absolute atomic E-state index is 0.0901. The van der Waals surface area contributed by atoms with E-state index in [1.165, 1.54) is 0 Å². The summed E-state index contributed by atoms with van der Waals surface area (Å²) in [4.78, 5) is 0. The van der Waals surface area contributed by atoms with Crippen LogP contribution in [0.5, 0.6) is 11.6 Å². The number of hydrogen-bond donors (Lipinski definition) is 1. The number of nitrogens with zero attached hydrogens (tertiary/aromatic N) is 2. The van der Waals surface area contributed by atoms with E-state index in [-0.39, 0.29) is 5.88 Å². The van der Waals surface area contributed by atoms with Crippen LogP contribution in [-0.2, 0) is 6.61 Å². The molecule has 94 valence electrons. The number of benzene rings is 2. The second kappa shape index (κ2) is 4.94. The Hall–Kier alpha value is -2.62. The van der Waals surface area contributed by atoms with Gasteiger partial charge in [0.05, 0.1) is 5.52 Å². The number of fused-ring (bicyclic) bond motifs is 1. The van der Waals surface area contributed by atoms with Gasteiger partial charge in [0.15, 0.2) is 0 Å². The molecule has 3 rings (SSSR count). The van der Waals surface area contributed by atoms with Crippen molar-refractivity contribution in [3.05, 3.63) is 60.2 Å². The molecule has 0 aliphatic carbocycles. The number of ether oxygens (including phenoxy) is 1. The third kappa shape index (κ3) is 2.63. The van der Waals surface area contributed by atoms with E-state index in [1.807, 2.05) is 48.5 Å². The first-order valence-corrected chi connectivity index (χ1v) is 5.94. The molecule has 0 atom stereocenters. The normalized spacial score (nSPS) is 10.5. The molecule has 0 bridgehead atoms. The lowest BCUT2D eigenvalue weighted by molar-refractivity contribution is 0.306. The van der Waals surface area contributed by atoms with Crippen LogP contribution in [0.4, 0.5) is 0 Å². The molecule has 1 heterocycles. The molecule has 1 N–H and O–H groups in total. The highest BCUT2D eigenvalue weighted by Crippen LogP contribution is 2.21. The van der Waals surface area contributed by atoms with Crippen LogP contribution in [0.15, 0.2) is 54.6 Å². The molecule has 0 fully saturated rings. The second-order valence-corrected chi connectivity index (χ2v) is 4.20. The Bertz CT molecular complexity index is 699. The summed E-state index contributed by atoms with van der Waals surface area (Å²) in [5.41, 5.74) is 1.84. The molecule has 0 unspecified atom stereocenters. The zero-order chi connectivity index (χ0) is 13.1. The van der Waals surface area contributed by atoms with E-state index in [0.717, 1.165) is 22.2 Å². The van der Waals surface area contributed by atoms with Crippen LogP contribution in [-0.4, -0.2) is 15.3 Å². The summed E-state index contributed by atoms with van der Waals surface area (Å²) in [6, 6.07) is 17.0. The van der Waals surface area contributed by atoms with Crippen LogP contribution in [0.2, 0.25) is 0 Å². The van der Waals surface area contributed by atoms with Crippen LogP contribution in [0.1, 0.15) is 5.56 Å². The standard InChI is InChI=1S/C15H12N2O2/c18-15-9-12-8-13(6-7-14(12)16-17-15)19-10-11-4-2-1-3-5-11/h1-9H,10H2,(H,17,18). The van der Waals surface area contributed by atoms with E-state index in [4.69, 9.17) is 4.74 Å². The zero-order valence-corrected chi connectivity index (χ0v) is 10.2. The summed E-state index contributed by atoms with van der Waals surface area (Å²) in [6.45, 7) is 0.511. The van der Waals surface area contributed by atoms with Gasteiger partial charge in [-0.3, -0.25) is 0 Å². The first-order chi connectivity index (χ1) is 9.31. The Labute approximate surface area is 110 Å². The molecule has 19 heavy (non-hydrogen) atoms. The average molecular weight is 252 g/mol. The highest BCUT2D eigenvalue weighted by Gasteiger charge is 2.01. The van der Waals surface area contributed by atoms with Gasteiger partial charge in [0.1, 0.15) is 12.4 Å². The van der Waals surface area contributed by atoms with Crippen LogP contribution >= 0.6 is 0 Å². The molecule has 4 heteroatoms. The highest BCUT2D eigenvalue weighted by atomic mass is 16.5. The third-order valence-electron chi connectivity index (χ3n) is 2.79. The third-order valence-corrected chi connectivity index (χ3v) is 2.79. The van der Waals surface area contributed by atoms with Gasteiger partial charge in [-0.05, 0) is 23.8 Å². The Morgan fingerprint density at radius 2 is 1.79 bits per heavy atom. The Morgan fingerprint density at radius 3 is 2.63 bits per heavy atom. The van der Waals surface area contributed by atoms with E-state index >= 15 is 0 Å². The molecule has 0 saturated heterocycles. The van der Waals surface area contributed by atoms with Gasteiger partial charge in [-0.15, -0.1) is 10.2 Å². The number of aromatic hydroxyl groups is 1. The van der Waals surface area contributed by atoms with Crippen molar-refractivity contribution in [3.63, 3.8) is 0 Å². The van der Waals surface area contributed by atoms with Crippen molar-refractivity contribution >= 4 is 10.9 Å². The van der Waals surface area contributed by atoms with Gasteiger partial charge in [0.2, 0.25) is 5.88 Å². The molecule has 1 aromatic heterocycles. The fourth-order valence-electron chi connectivity index (χ4n) is 1.84. The smallest absolute Gasteiger partial charge is 0.231 e. The first kappa shape index (κ1) is 11.5. The van der Waals surface area contributed by atoms with Gasteiger partial charge in [0.25, 0.3) is 0 Å². The first-order valence-electron chi connectivity index (χ1n) is 5.94. The molecule has 0 amide bonds. The van der Waals surface area contributed by atoms with Crippen LogP contribution < -0.4 is 4.74 Å². The molecule has 0 spiro atoms. The number of rotatable bonds is 3. The number of aromatic nitrogens is 2. The quantitative estimate of drug-likeness (QED) is 0.778. The van der Waals surface area contributed by atoms with E-state index in [9.17, 15) is 5.11 Å². The second-order valence-electron chi connectivity index (χ2n) is 4.20. The maximum Gasteiger partial charge on any atom is 0.231 e. The fourth-order valence-corrected chi connectivity index (χ4v) is 1.84. The predicted molar refractivity (Wildman–Crippen MR) is 72.0 cm³/mol. The largest absolute Gasteiger partial charge is 0.492 e. The summed E-state index contributed by atoms with van der Waals surface area (Å²) in [5.74, 6) is 0.650. The lowest BCUT2D eigenvalue weighted by Gasteiger charge is -2.07. The lowest BCUT2D eigenvalue weighted by atomic mass is 10.2. The molecule has 0 radical (unpaired) electrons. The summed E-state index contributed by atoms with van der Waals surface area (Å²) in [6.07, 6.45) is 0. The maximum absolute atomic E-state index is 9.31. The van der Waals surface area contributed by atoms with Crippen molar-refractivity contribution in [2.75, 3.05) is 0 Å². The van der Waals surface area contributed by atoms with Crippen molar-refractivity contribution < 1.29 is 9.84 Å². The van der Waals surface area contributed by atoms with Crippen molar-refractivity contribution in [2.45, 2.75) is 6.61 Å². The summed E-state index contributed by atoms with van der Waals surface area (Å²) >= 11 is 0. The molecule has 0 saturated carbocycles. The molecule has 4 nitrogen and oxygen atoms in total. The zero-order valence-electron chi connectivity index (χ0n) is 10.2. The minimum atomic E-state index is -0.0901. The minimum Gasteiger partial charge on any atom is -0.492 e. The Morgan fingerprint density at radius 1 is 0.947 bits per heavy atom. The van der Waals surface area contributed by atoms with Gasteiger partial charge in [0, 0.05) is 11.5 Å². The lowest BCUT2D eigenvalue weighted by Crippen LogP contribution is -1.95. The van der Waals surface area contributed by atoms with Crippen molar-refractivity contribution in [3.8, 4) is 11.6 Å². The predicted octanol–water partition coefficient (Wildman–Crippen LogP) is 2.91.